The van der Waals surface area contributed by atoms with E-state index in [9.17, 15) is 4.79 Å². The first-order valence-electron chi connectivity index (χ1n) is 4.76. The average Bonchev–Trinajstić information content (AvgIpc) is 2.15. The van der Waals surface area contributed by atoms with Gasteiger partial charge in [-0.3, -0.25) is 0 Å². The van der Waals surface area contributed by atoms with Gasteiger partial charge in [0, 0.05) is 0 Å². The molecule has 4 heteroatoms. The lowest BCUT2D eigenvalue weighted by Crippen LogP contribution is -2.07. The molecule has 0 saturated heterocycles. The highest BCUT2D eigenvalue weighted by molar-refractivity contribution is 5.89. The van der Waals surface area contributed by atoms with Crippen LogP contribution in [0.3, 0.4) is 0 Å². The monoisotopic (exact) mass is 209 g/mol. The number of hydrogen-bond acceptors (Lipinski definition) is 3. The third kappa shape index (κ3) is 3.16. The van der Waals surface area contributed by atoms with Crippen molar-refractivity contribution in [2.75, 3.05) is 12.3 Å². The number of ether oxygens (including phenoxy) is 1. The second kappa shape index (κ2) is 4.68. The number of anilines is 1. The van der Waals surface area contributed by atoms with E-state index in [-0.39, 0.29) is 5.56 Å². The number of carbonyl (C=O) groups is 1. The number of carboxylic acid groups (broad SMARTS) is 1. The molecule has 4 nitrogen and oxygen atoms in total. The van der Waals surface area contributed by atoms with E-state index in [1.807, 2.05) is 13.8 Å². The summed E-state index contributed by atoms with van der Waals surface area (Å²) in [5.41, 5.74) is 6.18. The van der Waals surface area contributed by atoms with Crippen molar-refractivity contribution < 1.29 is 14.6 Å². The van der Waals surface area contributed by atoms with Crippen LogP contribution in [0, 0.1) is 5.92 Å². The van der Waals surface area contributed by atoms with E-state index in [2.05, 4.69) is 0 Å². The van der Waals surface area contributed by atoms with Crippen LogP contribution in [0.25, 0.3) is 0 Å². The lowest BCUT2D eigenvalue weighted by Gasteiger charge is -2.11. The summed E-state index contributed by atoms with van der Waals surface area (Å²) in [5, 5.41) is 8.72. The predicted octanol–water partition coefficient (Wildman–Crippen LogP) is 2.00. The minimum atomic E-state index is -0.989. The fourth-order valence-corrected chi connectivity index (χ4v) is 1.07. The van der Waals surface area contributed by atoms with Crippen LogP contribution in [-0.4, -0.2) is 17.7 Å². The SMILES string of the molecule is CC(C)COc1ccc(C(=O)O)cc1N. The first-order valence-corrected chi connectivity index (χ1v) is 4.76. The molecule has 0 aliphatic heterocycles. The van der Waals surface area contributed by atoms with Crippen LogP contribution < -0.4 is 10.5 Å². The Morgan fingerprint density at radius 2 is 2.20 bits per heavy atom. The standard InChI is InChI=1S/C11H15NO3/c1-7(2)6-15-10-4-3-8(11(13)14)5-9(10)12/h3-5,7H,6,12H2,1-2H3,(H,13,14). The molecular formula is C11H15NO3. The Morgan fingerprint density at radius 1 is 1.53 bits per heavy atom. The Bertz CT molecular complexity index is 361. The molecule has 0 radical (unpaired) electrons. The fraction of sp³-hybridized carbons (Fsp3) is 0.364. The second-order valence-corrected chi connectivity index (χ2v) is 3.76. The van der Waals surface area contributed by atoms with Crippen LogP contribution in [0.5, 0.6) is 5.75 Å². The second-order valence-electron chi connectivity index (χ2n) is 3.76. The maximum Gasteiger partial charge on any atom is 0.335 e. The molecule has 1 aromatic rings. The molecule has 0 bridgehead atoms. The molecule has 3 N–H and O–H groups in total. The maximum absolute atomic E-state index is 10.6. The average molecular weight is 209 g/mol. The van der Waals surface area contributed by atoms with Crippen molar-refractivity contribution >= 4 is 11.7 Å². The molecule has 82 valence electrons. The van der Waals surface area contributed by atoms with E-state index in [1.165, 1.54) is 12.1 Å². The van der Waals surface area contributed by atoms with Crippen LogP contribution in [0.15, 0.2) is 18.2 Å². The third-order valence-corrected chi connectivity index (χ3v) is 1.83. The van der Waals surface area contributed by atoms with Gasteiger partial charge in [0.25, 0.3) is 0 Å². The number of aromatic carboxylic acids is 1. The highest BCUT2D eigenvalue weighted by Gasteiger charge is 2.07. The number of hydrogen-bond donors (Lipinski definition) is 2. The van der Waals surface area contributed by atoms with E-state index in [1.54, 1.807) is 6.07 Å². The molecule has 0 aliphatic carbocycles. The molecule has 0 atom stereocenters. The Kier molecular flexibility index (Phi) is 3.55. The van der Waals surface area contributed by atoms with Gasteiger partial charge >= 0.3 is 5.97 Å². The minimum Gasteiger partial charge on any atom is -0.491 e. The highest BCUT2D eigenvalue weighted by Crippen LogP contribution is 2.22. The quantitative estimate of drug-likeness (QED) is 0.744. The van der Waals surface area contributed by atoms with Gasteiger partial charge in [-0.2, -0.15) is 0 Å². The van der Waals surface area contributed by atoms with Crippen molar-refractivity contribution in [2.24, 2.45) is 5.92 Å². The topological polar surface area (TPSA) is 72.5 Å². The maximum atomic E-state index is 10.6. The van der Waals surface area contributed by atoms with Gasteiger partial charge in [0.15, 0.2) is 0 Å². The lowest BCUT2D eigenvalue weighted by molar-refractivity contribution is 0.0697. The van der Waals surface area contributed by atoms with Crippen molar-refractivity contribution in [2.45, 2.75) is 13.8 Å². The lowest BCUT2D eigenvalue weighted by atomic mass is 10.2. The first-order chi connectivity index (χ1) is 7.00. The number of rotatable bonds is 4. The van der Waals surface area contributed by atoms with E-state index in [0.29, 0.717) is 24.0 Å². The zero-order valence-electron chi connectivity index (χ0n) is 8.86. The number of carboxylic acids is 1. The van der Waals surface area contributed by atoms with Gasteiger partial charge in [-0.05, 0) is 24.1 Å². The Morgan fingerprint density at radius 3 is 2.67 bits per heavy atom. The number of benzene rings is 1. The van der Waals surface area contributed by atoms with Gasteiger partial charge in [0.05, 0.1) is 17.9 Å². The Hall–Kier alpha value is -1.71. The Labute approximate surface area is 88.7 Å². The summed E-state index contributed by atoms with van der Waals surface area (Å²) in [5.74, 6) is -0.0469. The molecule has 0 saturated carbocycles. The van der Waals surface area contributed by atoms with Gasteiger partial charge in [-0.15, -0.1) is 0 Å². The van der Waals surface area contributed by atoms with Gasteiger partial charge in [-0.1, -0.05) is 13.8 Å². The summed E-state index contributed by atoms with van der Waals surface area (Å²) in [6, 6.07) is 4.47. The largest absolute Gasteiger partial charge is 0.491 e. The van der Waals surface area contributed by atoms with E-state index < -0.39 is 5.97 Å². The molecule has 0 fully saturated rings. The summed E-state index contributed by atoms with van der Waals surface area (Å²) in [6.07, 6.45) is 0. The molecule has 0 unspecified atom stereocenters. The van der Waals surface area contributed by atoms with Crippen molar-refractivity contribution in [3.8, 4) is 5.75 Å². The van der Waals surface area contributed by atoms with Crippen LogP contribution in [0.4, 0.5) is 5.69 Å². The fourth-order valence-electron chi connectivity index (χ4n) is 1.07. The van der Waals surface area contributed by atoms with E-state index >= 15 is 0 Å². The van der Waals surface area contributed by atoms with Crippen molar-refractivity contribution in [1.82, 2.24) is 0 Å². The molecule has 0 aromatic heterocycles. The molecule has 15 heavy (non-hydrogen) atoms. The molecule has 1 rings (SSSR count). The third-order valence-electron chi connectivity index (χ3n) is 1.83. The summed E-state index contributed by atoms with van der Waals surface area (Å²) in [7, 11) is 0. The van der Waals surface area contributed by atoms with Crippen molar-refractivity contribution in [3.05, 3.63) is 23.8 Å². The molecule has 1 aromatic carbocycles. The summed E-state index contributed by atoms with van der Waals surface area (Å²) in [4.78, 5) is 10.6. The van der Waals surface area contributed by atoms with Gasteiger partial charge < -0.3 is 15.6 Å². The van der Waals surface area contributed by atoms with Gasteiger partial charge in [0.2, 0.25) is 0 Å². The predicted molar refractivity (Wildman–Crippen MR) is 58.1 cm³/mol. The van der Waals surface area contributed by atoms with E-state index in [4.69, 9.17) is 15.6 Å². The Balaban J connectivity index is 2.79. The molecule has 0 amide bonds. The minimum absolute atomic E-state index is 0.171. The summed E-state index contributed by atoms with van der Waals surface area (Å²) >= 11 is 0. The number of nitrogen functional groups attached to an aromatic ring is 1. The van der Waals surface area contributed by atoms with Crippen molar-refractivity contribution in [3.63, 3.8) is 0 Å². The highest BCUT2D eigenvalue weighted by atomic mass is 16.5. The molecule has 0 aliphatic rings. The normalized spacial score (nSPS) is 10.3. The van der Waals surface area contributed by atoms with Crippen LogP contribution in [-0.2, 0) is 0 Å². The summed E-state index contributed by atoms with van der Waals surface area (Å²) < 4.78 is 5.42. The molecular weight excluding hydrogens is 194 g/mol. The van der Waals surface area contributed by atoms with Crippen LogP contribution in [0.2, 0.25) is 0 Å². The van der Waals surface area contributed by atoms with Crippen LogP contribution >= 0.6 is 0 Å². The zero-order chi connectivity index (χ0) is 11.4. The van der Waals surface area contributed by atoms with Crippen molar-refractivity contribution in [1.29, 1.82) is 0 Å². The van der Waals surface area contributed by atoms with Crippen LogP contribution in [0.1, 0.15) is 24.2 Å². The molecule has 0 heterocycles. The molecule has 0 spiro atoms. The van der Waals surface area contributed by atoms with Gasteiger partial charge in [0.1, 0.15) is 5.75 Å². The zero-order valence-corrected chi connectivity index (χ0v) is 8.86. The smallest absolute Gasteiger partial charge is 0.335 e. The summed E-state index contributed by atoms with van der Waals surface area (Å²) in [6.45, 7) is 4.63. The van der Waals surface area contributed by atoms with Gasteiger partial charge in [-0.25, -0.2) is 4.79 Å². The van der Waals surface area contributed by atoms with E-state index in [0.717, 1.165) is 0 Å². The number of nitrogens with two attached hydrogens (primary N) is 1. The first kappa shape index (κ1) is 11.4.